The van der Waals surface area contributed by atoms with E-state index in [0.717, 1.165) is 0 Å². The summed E-state index contributed by atoms with van der Waals surface area (Å²) in [5.74, 6) is 0.846. The van der Waals surface area contributed by atoms with Gasteiger partial charge in [-0.1, -0.05) is 0 Å². The van der Waals surface area contributed by atoms with Crippen LogP contribution in [0, 0.1) is 0 Å². The van der Waals surface area contributed by atoms with Crippen molar-refractivity contribution in [1.29, 1.82) is 0 Å². The smallest absolute Gasteiger partial charge is 0.139 e. The van der Waals surface area contributed by atoms with Crippen LogP contribution in [0.5, 0.6) is 11.5 Å². The second-order valence-corrected chi connectivity index (χ2v) is 4.40. The topological polar surface area (TPSA) is 86.3 Å². The third-order valence-electron chi connectivity index (χ3n) is 2.29. The first kappa shape index (κ1) is 17.9. The van der Waals surface area contributed by atoms with Crippen LogP contribution in [0.4, 0.5) is 0 Å². The molecule has 1 aromatic rings. The van der Waals surface area contributed by atoms with Crippen LogP contribution in [0.3, 0.4) is 0 Å². The van der Waals surface area contributed by atoms with Gasteiger partial charge in [-0.05, 0) is 24.3 Å². The molecular formula is C13H19O7S-. The minimum atomic E-state index is -2.57. The number of hydrogen-bond donors (Lipinski definition) is 0. The van der Waals surface area contributed by atoms with Gasteiger partial charge in [-0.15, -0.1) is 0 Å². The van der Waals surface area contributed by atoms with E-state index in [1.54, 1.807) is 19.2 Å². The molecule has 0 heterocycles. The molecule has 7 nitrogen and oxygen atoms in total. The molecule has 0 fully saturated rings. The van der Waals surface area contributed by atoms with Gasteiger partial charge in [-0.2, -0.15) is 0 Å². The Morgan fingerprint density at radius 1 is 0.905 bits per heavy atom. The van der Waals surface area contributed by atoms with Crippen molar-refractivity contribution >= 4 is 11.4 Å². The van der Waals surface area contributed by atoms with E-state index in [-0.39, 0.29) is 5.75 Å². The molecule has 0 amide bonds. The molecule has 1 rings (SSSR count). The standard InChI is InChI=1S/C13H20O7S/c1-16-6-7-17-8-9-18-10-11-19-12-2-4-13(5-3-12)20-21(14)15/h2-5H,6-11H2,1H3,(H,14,15)/p-1. The fourth-order valence-electron chi connectivity index (χ4n) is 1.35. The molecule has 0 bridgehead atoms. The number of ether oxygens (including phenoxy) is 4. The Kier molecular flexibility index (Phi) is 9.75. The predicted molar refractivity (Wildman–Crippen MR) is 75.0 cm³/mol. The van der Waals surface area contributed by atoms with Crippen LogP contribution >= 0.6 is 0 Å². The van der Waals surface area contributed by atoms with Crippen LogP contribution < -0.4 is 8.92 Å². The summed E-state index contributed by atoms with van der Waals surface area (Å²) in [4.78, 5) is 0. The van der Waals surface area contributed by atoms with Gasteiger partial charge in [0, 0.05) is 7.11 Å². The summed E-state index contributed by atoms with van der Waals surface area (Å²) in [6.07, 6.45) is 0. The highest BCUT2D eigenvalue weighted by Gasteiger charge is 1.97. The molecule has 1 aromatic carbocycles. The maximum atomic E-state index is 10.3. The van der Waals surface area contributed by atoms with Crippen molar-refractivity contribution in [1.82, 2.24) is 0 Å². The van der Waals surface area contributed by atoms with Gasteiger partial charge in [0.2, 0.25) is 0 Å². The van der Waals surface area contributed by atoms with E-state index in [0.29, 0.717) is 45.4 Å². The Morgan fingerprint density at radius 2 is 1.43 bits per heavy atom. The summed E-state index contributed by atoms with van der Waals surface area (Å²) in [7, 11) is 1.62. The van der Waals surface area contributed by atoms with E-state index < -0.39 is 11.4 Å². The number of rotatable bonds is 12. The van der Waals surface area contributed by atoms with E-state index >= 15 is 0 Å². The normalized spacial score (nSPS) is 12.1. The van der Waals surface area contributed by atoms with Gasteiger partial charge in [0.25, 0.3) is 0 Å². The molecule has 0 aliphatic carbocycles. The highest BCUT2D eigenvalue weighted by molar-refractivity contribution is 7.74. The Morgan fingerprint density at radius 3 is 2.00 bits per heavy atom. The minimum absolute atomic E-state index is 0.236. The molecule has 0 spiro atoms. The Hall–Kier alpha value is -1.19. The summed E-state index contributed by atoms with van der Waals surface area (Å²) in [6, 6.07) is 6.26. The average molecular weight is 319 g/mol. The first-order valence-electron chi connectivity index (χ1n) is 6.37. The van der Waals surface area contributed by atoms with Crippen molar-refractivity contribution < 1.29 is 31.9 Å². The van der Waals surface area contributed by atoms with Crippen LogP contribution in [0.1, 0.15) is 0 Å². The lowest BCUT2D eigenvalue weighted by Crippen LogP contribution is -2.12. The molecule has 0 aliphatic rings. The van der Waals surface area contributed by atoms with Gasteiger partial charge in [-0.25, -0.2) is 4.21 Å². The van der Waals surface area contributed by atoms with Gasteiger partial charge < -0.3 is 27.7 Å². The summed E-state index contributed by atoms with van der Waals surface area (Å²) in [5, 5.41) is 0. The van der Waals surface area contributed by atoms with Crippen LogP contribution in [0.15, 0.2) is 24.3 Å². The molecule has 0 radical (unpaired) electrons. The molecule has 0 aliphatic heterocycles. The first-order chi connectivity index (χ1) is 10.2. The van der Waals surface area contributed by atoms with E-state index in [4.69, 9.17) is 18.9 Å². The second kappa shape index (κ2) is 11.5. The quantitative estimate of drug-likeness (QED) is 0.418. The van der Waals surface area contributed by atoms with E-state index in [2.05, 4.69) is 4.18 Å². The maximum Gasteiger partial charge on any atom is 0.139 e. The van der Waals surface area contributed by atoms with Crippen LogP contribution in [0.25, 0.3) is 0 Å². The third-order valence-corrected chi connectivity index (χ3v) is 2.62. The maximum absolute atomic E-state index is 10.3. The SMILES string of the molecule is COCCOCCOCCOc1ccc(OS(=O)[O-])cc1. The number of methoxy groups -OCH3 is 1. The lowest BCUT2D eigenvalue weighted by molar-refractivity contribution is 0.0180. The molecule has 0 N–H and O–H groups in total. The Bertz CT molecular complexity index is 396. The van der Waals surface area contributed by atoms with Gasteiger partial charge in [0.15, 0.2) is 0 Å². The zero-order chi connectivity index (χ0) is 15.3. The summed E-state index contributed by atoms with van der Waals surface area (Å²) in [5.41, 5.74) is 0. The van der Waals surface area contributed by atoms with Crippen molar-refractivity contribution in [3.8, 4) is 11.5 Å². The predicted octanol–water partition coefficient (Wildman–Crippen LogP) is 0.918. The van der Waals surface area contributed by atoms with Crippen molar-refractivity contribution in [3.05, 3.63) is 24.3 Å². The van der Waals surface area contributed by atoms with E-state index in [1.165, 1.54) is 12.1 Å². The number of benzene rings is 1. The van der Waals surface area contributed by atoms with E-state index in [9.17, 15) is 8.76 Å². The lowest BCUT2D eigenvalue weighted by atomic mass is 10.3. The average Bonchev–Trinajstić information content (AvgIpc) is 2.47. The van der Waals surface area contributed by atoms with Gasteiger partial charge in [-0.3, -0.25) is 0 Å². The summed E-state index contributed by atoms with van der Waals surface area (Å²) < 4.78 is 45.9. The lowest BCUT2D eigenvalue weighted by Gasteiger charge is -2.09. The fourth-order valence-corrected chi connectivity index (χ4v) is 1.62. The largest absolute Gasteiger partial charge is 0.740 e. The highest BCUT2D eigenvalue weighted by atomic mass is 32.2. The highest BCUT2D eigenvalue weighted by Crippen LogP contribution is 2.17. The van der Waals surface area contributed by atoms with Crippen molar-refractivity contribution in [2.45, 2.75) is 0 Å². The molecule has 21 heavy (non-hydrogen) atoms. The monoisotopic (exact) mass is 319 g/mol. The molecule has 0 saturated heterocycles. The zero-order valence-electron chi connectivity index (χ0n) is 11.8. The van der Waals surface area contributed by atoms with Crippen molar-refractivity contribution in [2.24, 2.45) is 0 Å². The van der Waals surface area contributed by atoms with E-state index in [1.807, 2.05) is 0 Å². The number of hydrogen-bond acceptors (Lipinski definition) is 7. The van der Waals surface area contributed by atoms with Crippen molar-refractivity contribution in [2.75, 3.05) is 46.8 Å². The molecule has 0 saturated carbocycles. The van der Waals surface area contributed by atoms with Gasteiger partial charge in [0.05, 0.1) is 33.0 Å². The van der Waals surface area contributed by atoms with Crippen LogP contribution in [0.2, 0.25) is 0 Å². The van der Waals surface area contributed by atoms with Crippen LogP contribution in [-0.2, 0) is 25.6 Å². The summed E-state index contributed by atoms with van der Waals surface area (Å²) in [6.45, 7) is 2.97. The van der Waals surface area contributed by atoms with Crippen molar-refractivity contribution in [3.63, 3.8) is 0 Å². The first-order valence-corrected chi connectivity index (χ1v) is 7.37. The molecule has 1 atom stereocenters. The van der Waals surface area contributed by atoms with Gasteiger partial charge in [0.1, 0.15) is 29.5 Å². The van der Waals surface area contributed by atoms with Gasteiger partial charge >= 0.3 is 0 Å². The zero-order valence-corrected chi connectivity index (χ0v) is 12.6. The Balaban J connectivity index is 2.03. The summed E-state index contributed by atoms with van der Waals surface area (Å²) >= 11 is -2.57. The fraction of sp³-hybridized carbons (Fsp3) is 0.538. The molecule has 1 unspecified atom stereocenters. The Labute approximate surface area is 126 Å². The molecule has 120 valence electrons. The third kappa shape index (κ3) is 9.38. The molecule has 8 heteroatoms. The second-order valence-electron chi connectivity index (χ2n) is 3.82. The molecule has 0 aromatic heterocycles. The minimum Gasteiger partial charge on any atom is -0.740 e. The molecular weight excluding hydrogens is 300 g/mol. The van der Waals surface area contributed by atoms with Crippen LogP contribution in [-0.4, -0.2) is 55.5 Å².